The topological polar surface area (TPSA) is 64.3 Å². The maximum absolute atomic E-state index is 5.97. The second-order valence-corrected chi connectivity index (χ2v) is 5.99. The molecule has 3 heterocycles. The van der Waals surface area contributed by atoms with Gasteiger partial charge in [0.05, 0.1) is 12.1 Å². The summed E-state index contributed by atoms with van der Waals surface area (Å²) < 4.78 is 11.7. The number of rotatable bonds is 5. The Morgan fingerprint density at radius 1 is 1.17 bits per heavy atom. The quantitative estimate of drug-likeness (QED) is 0.719. The van der Waals surface area contributed by atoms with Crippen molar-refractivity contribution in [1.82, 2.24) is 20.1 Å². The summed E-state index contributed by atoms with van der Waals surface area (Å²) in [7, 11) is 2.03. The van der Waals surface area contributed by atoms with Gasteiger partial charge in [-0.2, -0.15) is 0 Å². The molecule has 0 saturated carbocycles. The molecule has 2 aromatic heterocycles. The molecule has 0 aliphatic carbocycles. The van der Waals surface area contributed by atoms with Crippen LogP contribution in [-0.2, 0) is 13.0 Å². The molecule has 0 saturated heterocycles. The van der Waals surface area contributed by atoms with Crippen LogP contribution in [0.3, 0.4) is 0 Å². The molecule has 0 bridgehead atoms. The average Bonchev–Trinajstić information content (AvgIpc) is 3.21. The molecule has 0 radical (unpaired) electrons. The standard InChI is InChI=1S/C18H18N4O2/c1-22(11-15-9-13-5-2-3-7-16(13)23-15)12-17-20-21-18(24-17)14-6-4-8-19-10-14/h2-8,10,15H,9,11-12H2,1H3/t15-/m0/s1. The van der Waals surface area contributed by atoms with E-state index in [2.05, 4.69) is 26.1 Å². The highest BCUT2D eigenvalue weighted by Crippen LogP contribution is 2.28. The molecule has 6 nitrogen and oxygen atoms in total. The van der Waals surface area contributed by atoms with E-state index in [9.17, 15) is 0 Å². The minimum absolute atomic E-state index is 0.160. The molecule has 1 aliphatic heterocycles. The van der Waals surface area contributed by atoms with Crippen molar-refractivity contribution in [3.63, 3.8) is 0 Å². The lowest BCUT2D eigenvalue weighted by Gasteiger charge is -2.19. The van der Waals surface area contributed by atoms with Gasteiger partial charge < -0.3 is 9.15 Å². The number of hydrogen-bond acceptors (Lipinski definition) is 6. The zero-order valence-corrected chi connectivity index (χ0v) is 13.4. The van der Waals surface area contributed by atoms with E-state index in [-0.39, 0.29) is 6.10 Å². The van der Waals surface area contributed by atoms with E-state index in [0.717, 1.165) is 24.3 Å². The van der Waals surface area contributed by atoms with Crippen molar-refractivity contribution >= 4 is 0 Å². The van der Waals surface area contributed by atoms with Gasteiger partial charge in [0.1, 0.15) is 11.9 Å². The van der Waals surface area contributed by atoms with Gasteiger partial charge in [0.25, 0.3) is 0 Å². The number of aromatic nitrogens is 3. The predicted octanol–water partition coefficient (Wildman–Crippen LogP) is 2.57. The number of hydrogen-bond donors (Lipinski definition) is 0. The monoisotopic (exact) mass is 322 g/mol. The smallest absolute Gasteiger partial charge is 0.249 e. The van der Waals surface area contributed by atoms with Gasteiger partial charge in [-0.3, -0.25) is 9.88 Å². The van der Waals surface area contributed by atoms with E-state index < -0.39 is 0 Å². The highest BCUT2D eigenvalue weighted by Gasteiger charge is 2.24. The molecule has 122 valence electrons. The SMILES string of the molecule is CN(Cc1nnc(-c2cccnc2)o1)C[C@@H]1Cc2ccccc2O1. The van der Waals surface area contributed by atoms with Gasteiger partial charge in [-0.25, -0.2) is 0 Å². The van der Waals surface area contributed by atoms with Gasteiger partial charge in [-0.05, 0) is 30.8 Å². The summed E-state index contributed by atoms with van der Waals surface area (Å²) in [6, 6.07) is 11.9. The van der Waals surface area contributed by atoms with Crippen molar-refractivity contribution in [3.8, 4) is 17.2 Å². The van der Waals surface area contributed by atoms with Gasteiger partial charge in [0.2, 0.25) is 11.8 Å². The molecule has 1 atom stereocenters. The van der Waals surface area contributed by atoms with Crippen LogP contribution in [0.15, 0.2) is 53.2 Å². The minimum Gasteiger partial charge on any atom is -0.488 e. The van der Waals surface area contributed by atoms with Gasteiger partial charge in [-0.15, -0.1) is 10.2 Å². The Balaban J connectivity index is 1.36. The Labute approximate surface area is 140 Å². The lowest BCUT2D eigenvalue weighted by Crippen LogP contribution is -2.31. The fraction of sp³-hybridized carbons (Fsp3) is 0.278. The van der Waals surface area contributed by atoms with E-state index in [0.29, 0.717) is 18.3 Å². The summed E-state index contributed by atoms with van der Waals surface area (Å²) in [4.78, 5) is 6.20. The van der Waals surface area contributed by atoms with Crippen LogP contribution in [-0.4, -0.2) is 39.8 Å². The van der Waals surface area contributed by atoms with Crippen molar-refractivity contribution in [2.24, 2.45) is 0 Å². The number of fused-ring (bicyclic) bond motifs is 1. The Bertz CT molecular complexity index is 794. The van der Waals surface area contributed by atoms with E-state index in [4.69, 9.17) is 9.15 Å². The second kappa shape index (κ2) is 6.41. The van der Waals surface area contributed by atoms with E-state index >= 15 is 0 Å². The summed E-state index contributed by atoms with van der Waals surface area (Å²) in [6.45, 7) is 1.39. The van der Waals surface area contributed by atoms with E-state index in [1.54, 1.807) is 12.4 Å². The summed E-state index contributed by atoms with van der Waals surface area (Å²) in [5.41, 5.74) is 2.10. The lowest BCUT2D eigenvalue weighted by atomic mass is 10.1. The van der Waals surface area contributed by atoms with Crippen molar-refractivity contribution in [1.29, 1.82) is 0 Å². The predicted molar refractivity (Wildman–Crippen MR) is 88.4 cm³/mol. The lowest BCUT2D eigenvalue weighted by molar-refractivity contribution is 0.158. The molecule has 0 amide bonds. The number of pyridine rings is 1. The number of likely N-dealkylation sites (N-methyl/N-ethyl adjacent to an activating group) is 1. The third-order valence-corrected chi connectivity index (χ3v) is 4.01. The highest BCUT2D eigenvalue weighted by molar-refractivity contribution is 5.49. The Kier molecular flexibility index (Phi) is 3.96. The maximum atomic E-state index is 5.97. The maximum Gasteiger partial charge on any atom is 0.249 e. The molecule has 3 aromatic rings. The van der Waals surface area contributed by atoms with Crippen molar-refractivity contribution in [2.75, 3.05) is 13.6 Å². The summed E-state index contributed by atoms with van der Waals surface area (Å²) >= 11 is 0. The fourth-order valence-electron chi connectivity index (χ4n) is 2.92. The molecule has 1 aliphatic rings. The van der Waals surface area contributed by atoms with Gasteiger partial charge in [0, 0.05) is 25.4 Å². The molecular formula is C18H18N4O2. The molecule has 4 rings (SSSR count). The van der Waals surface area contributed by atoms with Gasteiger partial charge >= 0.3 is 0 Å². The first-order chi connectivity index (χ1) is 11.8. The normalized spacial score (nSPS) is 16.2. The molecular weight excluding hydrogens is 304 g/mol. The number of nitrogens with zero attached hydrogens (tertiary/aromatic N) is 4. The van der Waals surface area contributed by atoms with Crippen LogP contribution in [0.1, 0.15) is 11.5 Å². The Hall–Kier alpha value is -2.73. The highest BCUT2D eigenvalue weighted by atomic mass is 16.5. The van der Waals surface area contributed by atoms with E-state index in [1.807, 2.05) is 37.4 Å². The molecule has 1 aromatic carbocycles. The summed E-state index contributed by atoms with van der Waals surface area (Å²) in [6.07, 6.45) is 4.53. The summed E-state index contributed by atoms with van der Waals surface area (Å²) in [5, 5.41) is 8.21. The van der Waals surface area contributed by atoms with Crippen LogP contribution in [0.5, 0.6) is 5.75 Å². The third kappa shape index (κ3) is 3.14. The Morgan fingerprint density at radius 2 is 2.08 bits per heavy atom. The molecule has 0 N–H and O–H groups in total. The first kappa shape index (κ1) is 14.8. The molecule has 0 spiro atoms. The molecule has 0 unspecified atom stereocenters. The van der Waals surface area contributed by atoms with Crippen LogP contribution in [0.4, 0.5) is 0 Å². The van der Waals surface area contributed by atoms with Crippen molar-refractivity contribution < 1.29 is 9.15 Å². The van der Waals surface area contributed by atoms with Crippen LogP contribution >= 0.6 is 0 Å². The van der Waals surface area contributed by atoms with Crippen LogP contribution in [0.2, 0.25) is 0 Å². The minimum atomic E-state index is 0.160. The molecule has 6 heteroatoms. The Morgan fingerprint density at radius 3 is 2.92 bits per heavy atom. The number of para-hydroxylation sites is 1. The number of ether oxygens (including phenoxy) is 1. The van der Waals surface area contributed by atoms with Crippen molar-refractivity contribution in [2.45, 2.75) is 19.1 Å². The van der Waals surface area contributed by atoms with Crippen LogP contribution in [0.25, 0.3) is 11.5 Å². The first-order valence-corrected chi connectivity index (χ1v) is 7.94. The fourth-order valence-corrected chi connectivity index (χ4v) is 2.92. The van der Waals surface area contributed by atoms with Gasteiger partial charge in [0.15, 0.2) is 0 Å². The first-order valence-electron chi connectivity index (χ1n) is 7.94. The molecule has 24 heavy (non-hydrogen) atoms. The van der Waals surface area contributed by atoms with E-state index in [1.165, 1.54) is 5.56 Å². The van der Waals surface area contributed by atoms with Crippen LogP contribution < -0.4 is 4.74 Å². The largest absolute Gasteiger partial charge is 0.488 e. The third-order valence-electron chi connectivity index (χ3n) is 4.01. The second-order valence-electron chi connectivity index (χ2n) is 5.99. The average molecular weight is 322 g/mol. The molecule has 0 fully saturated rings. The van der Waals surface area contributed by atoms with Crippen LogP contribution in [0, 0.1) is 0 Å². The number of benzene rings is 1. The van der Waals surface area contributed by atoms with Crippen molar-refractivity contribution in [3.05, 3.63) is 60.2 Å². The summed E-state index contributed by atoms with van der Waals surface area (Å²) in [5.74, 6) is 2.08. The van der Waals surface area contributed by atoms with Gasteiger partial charge in [-0.1, -0.05) is 18.2 Å². The zero-order chi connectivity index (χ0) is 16.4. The zero-order valence-electron chi connectivity index (χ0n) is 13.4.